The van der Waals surface area contributed by atoms with Gasteiger partial charge < -0.3 is 10.3 Å². The zero-order valence-electron chi connectivity index (χ0n) is 8.37. The number of hydrogen-bond acceptors (Lipinski definition) is 4. The normalized spacial score (nSPS) is 10.7. The van der Waals surface area contributed by atoms with Gasteiger partial charge in [-0.05, 0) is 19.1 Å². The van der Waals surface area contributed by atoms with Crippen LogP contribution in [0, 0.1) is 6.92 Å². The van der Waals surface area contributed by atoms with Gasteiger partial charge in [0.1, 0.15) is 0 Å². The summed E-state index contributed by atoms with van der Waals surface area (Å²) in [6, 6.07) is 4.25. The molecule has 0 fully saturated rings. The summed E-state index contributed by atoms with van der Waals surface area (Å²) in [6.45, 7) is 3.68. The molecular formula is C10H12N2OS2. The smallest absolute Gasteiger partial charge is 0.304 e. The third-order valence-electron chi connectivity index (χ3n) is 1.98. The number of thiazole rings is 1. The maximum absolute atomic E-state index is 10.9. The fourth-order valence-electron chi connectivity index (χ4n) is 1.30. The van der Waals surface area contributed by atoms with Crippen LogP contribution in [0.3, 0.4) is 0 Å². The number of H-pyrrole nitrogens is 1. The molecule has 0 saturated carbocycles. The summed E-state index contributed by atoms with van der Waals surface area (Å²) >= 11 is 3.00. The molecule has 0 aliphatic rings. The molecule has 0 radical (unpaired) electrons. The largest absolute Gasteiger partial charge is 0.315 e. The van der Waals surface area contributed by atoms with Gasteiger partial charge in [-0.2, -0.15) is 0 Å². The number of aromatic nitrogens is 1. The van der Waals surface area contributed by atoms with Crippen molar-refractivity contribution in [1.82, 2.24) is 10.3 Å². The Balaban J connectivity index is 1.82. The molecule has 2 aromatic rings. The van der Waals surface area contributed by atoms with Crippen molar-refractivity contribution in [3.63, 3.8) is 0 Å². The number of thiophene rings is 1. The van der Waals surface area contributed by atoms with Gasteiger partial charge in [0.15, 0.2) is 0 Å². The van der Waals surface area contributed by atoms with Crippen molar-refractivity contribution in [3.05, 3.63) is 42.6 Å². The van der Waals surface area contributed by atoms with Gasteiger partial charge in [0.2, 0.25) is 0 Å². The Labute approximate surface area is 95.8 Å². The van der Waals surface area contributed by atoms with E-state index >= 15 is 0 Å². The average molecular weight is 240 g/mol. The highest BCUT2D eigenvalue weighted by Crippen LogP contribution is 2.14. The van der Waals surface area contributed by atoms with Crippen molar-refractivity contribution >= 4 is 22.7 Å². The zero-order chi connectivity index (χ0) is 10.7. The van der Waals surface area contributed by atoms with Crippen LogP contribution < -0.4 is 10.2 Å². The Morgan fingerprint density at radius 2 is 2.27 bits per heavy atom. The first-order valence-electron chi connectivity index (χ1n) is 4.67. The molecule has 15 heavy (non-hydrogen) atoms. The van der Waals surface area contributed by atoms with E-state index in [1.54, 1.807) is 11.3 Å². The first-order chi connectivity index (χ1) is 7.24. The summed E-state index contributed by atoms with van der Waals surface area (Å²) in [5.74, 6) is 0. The summed E-state index contributed by atoms with van der Waals surface area (Å²) < 4.78 is 0. The van der Waals surface area contributed by atoms with E-state index in [1.165, 1.54) is 21.1 Å². The third kappa shape index (κ3) is 3.02. The predicted octanol–water partition coefficient (Wildman–Crippen LogP) is 2.10. The molecule has 2 rings (SSSR count). The molecule has 0 unspecified atom stereocenters. The minimum absolute atomic E-state index is 0.0127. The molecule has 2 heterocycles. The van der Waals surface area contributed by atoms with E-state index in [1.807, 2.05) is 5.38 Å². The van der Waals surface area contributed by atoms with Crippen molar-refractivity contribution in [2.45, 2.75) is 20.0 Å². The fourth-order valence-corrected chi connectivity index (χ4v) is 2.74. The number of aromatic amines is 1. The van der Waals surface area contributed by atoms with Crippen LogP contribution in [0.5, 0.6) is 0 Å². The maximum Gasteiger partial charge on any atom is 0.304 e. The minimum atomic E-state index is 0.0127. The van der Waals surface area contributed by atoms with Crippen LogP contribution in [-0.4, -0.2) is 4.98 Å². The lowest BCUT2D eigenvalue weighted by molar-refractivity contribution is 0.688. The molecule has 0 amide bonds. The Hall–Kier alpha value is -0.910. The summed E-state index contributed by atoms with van der Waals surface area (Å²) in [4.78, 5) is 16.3. The molecule has 0 aliphatic heterocycles. The van der Waals surface area contributed by atoms with Gasteiger partial charge in [0.25, 0.3) is 0 Å². The van der Waals surface area contributed by atoms with Crippen molar-refractivity contribution < 1.29 is 0 Å². The monoisotopic (exact) mass is 240 g/mol. The van der Waals surface area contributed by atoms with Crippen LogP contribution in [0.15, 0.2) is 22.3 Å². The van der Waals surface area contributed by atoms with Crippen LogP contribution in [0.4, 0.5) is 0 Å². The average Bonchev–Trinajstić information content (AvgIpc) is 2.76. The lowest BCUT2D eigenvalue weighted by atomic mass is 10.4. The first-order valence-corrected chi connectivity index (χ1v) is 6.36. The highest BCUT2D eigenvalue weighted by Gasteiger charge is 1.98. The molecule has 0 spiro atoms. The number of hydrogen-bond donors (Lipinski definition) is 2. The molecule has 0 atom stereocenters. The van der Waals surface area contributed by atoms with E-state index in [9.17, 15) is 4.79 Å². The summed E-state index contributed by atoms with van der Waals surface area (Å²) in [5.41, 5.74) is 0.957. The number of nitrogens with one attached hydrogen (secondary N) is 2. The maximum atomic E-state index is 10.9. The number of rotatable bonds is 4. The SMILES string of the molecule is Cc1ccc(CNCc2csc(=O)[nH]2)s1. The lowest BCUT2D eigenvalue weighted by Gasteiger charge is -1.99. The second-order valence-electron chi connectivity index (χ2n) is 3.29. The molecule has 3 nitrogen and oxygen atoms in total. The Kier molecular flexibility index (Phi) is 3.35. The summed E-state index contributed by atoms with van der Waals surface area (Å²) in [5, 5.41) is 5.15. The van der Waals surface area contributed by atoms with Gasteiger partial charge in [-0.1, -0.05) is 11.3 Å². The highest BCUT2D eigenvalue weighted by molar-refractivity contribution is 7.11. The lowest BCUT2D eigenvalue weighted by Crippen LogP contribution is -2.12. The van der Waals surface area contributed by atoms with Crippen LogP contribution in [0.2, 0.25) is 0 Å². The van der Waals surface area contributed by atoms with Crippen molar-refractivity contribution in [1.29, 1.82) is 0 Å². The Bertz CT molecular complexity index is 483. The van der Waals surface area contributed by atoms with Crippen LogP contribution in [0.1, 0.15) is 15.4 Å². The third-order valence-corrected chi connectivity index (χ3v) is 3.70. The quantitative estimate of drug-likeness (QED) is 0.859. The van der Waals surface area contributed by atoms with E-state index in [2.05, 4.69) is 29.4 Å². The Morgan fingerprint density at radius 1 is 1.40 bits per heavy atom. The van der Waals surface area contributed by atoms with E-state index in [4.69, 9.17) is 0 Å². The highest BCUT2D eigenvalue weighted by atomic mass is 32.1. The molecule has 5 heteroatoms. The molecule has 0 aliphatic carbocycles. The van der Waals surface area contributed by atoms with Gasteiger partial charge >= 0.3 is 4.87 Å². The zero-order valence-corrected chi connectivity index (χ0v) is 10.0. The van der Waals surface area contributed by atoms with Gasteiger partial charge in [-0.3, -0.25) is 4.79 Å². The molecule has 0 bridgehead atoms. The molecule has 0 saturated heterocycles. The van der Waals surface area contributed by atoms with Crippen molar-refractivity contribution in [2.75, 3.05) is 0 Å². The second-order valence-corrected chi connectivity index (χ2v) is 5.50. The van der Waals surface area contributed by atoms with Gasteiger partial charge in [0, 0.05) is 33.9 Å². The molecule has 2 N–H and O–H groups in total. The van der Waals surface area contributed by atoms with Crippen LogP contribution in [0.25, 0.3) is 0 Å². The molecule has 0 aromatic carbocycles. The standard InChI is InChI=1S/C10H12N2OS2/c1-7-2-3-9(15-7)5-11-4-8-6-14-10(13)12-8/h2-3,6,11H,4-5H2,1H3,(H,12,13). The van der Waals surface area contributed by atoms with Crippen molar-refractivity contribution in [3.8, 4) is 0 Å². The van der Waals surface area contributed by atoms with E-state index < -0.39 is 0 Å². The minimum Gasteiger partial charge on any atom is -0.315 e. The fraction of sp³-hybridized carbons (Fsp3) is 0.300. The second kappa shape index (κ2) is 4.74. The van der Waals surface area contributed by atoms with E-state index in [0.717, 1.165) is 18.8 Å². The predicted molar refractivity (Wildman–Crippen MR) is 64.5 cm³/mol. The van der Waals surface area contributed by atoms with Crippen molar-refractivity contribution in [2.24, 2.45) is 0 Å². The Morgan fingerprint density at radius 3 is 2.87 bits per heavy atom. The summed E-state index contributed by atoms with van der Waals surface area (Å²) in [7, 11) is 0. The van der Waals surface area contributed by atoms with Crippen LogP contribution in [-0.2, 0) is 13.1 Å². The molecule has 80 valence electrons. The van der Waals surface area contributed by atoms with Gasteiger partial charge in [0.05, 0.1) is 0 Å². The molecule has 2 aromatic heterocycles. The van der Waals surface area contributed by atoms with Gasteiger partial charge in [-0.25, -0.2) is 0 Å². The van der Waals surface area contributed by atoms with Gasteiger partial charge in [-0.15, -0.1) is 11.3 Å². The summed E-state index contributed by atoms with van der Waals surface area (Å²) in [6.07, 6.45) is 0. The van der Waals surface area contributed by atoms with Crippen LogP contribution >= 0.6 is 22.7 Å². The number of aryl methyl sites for hydroxylation is 1. The molecular weight excluding hydrogens is 228 g/mol. The van der Waals surface area contributed by atoms with E-state index in [-0.39, 0.29) is 4.87 Å². The topological polar surface area (TPSA) is 44.9 Å². The first kappa shape index (κ1) is 10.6. The van der Waals surface area contributed by atoms with E-state index in [0.29, 0.717) is 0 Å².